The topological polar surface area (TPSA) is 94.8 Å². The lowest BCUT2D eigenvalue weighted by atomic mass is 9.98. The van der Waals surface area contributed by atoms with E-state index in [9.17, 15) is 14.4 Å². The normalized spacial score (nSPS) is 12.5. The molecule has 0 aliphatic rings. The molecule has 1 atom stereocenters. The van der Waals surface area contributed by atoms with Crippen LogP contribution in [0.4, 0.5) is 4.79 Å². The summed E-state index contributed by atoms with van der Waals surface area (Å²) in [6, 6.07) is 12.2. The Hall–Kier alpha value is -3.61. The molecule has 3 rings (SSSR count). The second-order valence-corrected chi connectivity index (χ2v) is 10.1. The van der Waals surface area contributed by atoms with Gasteiger partial charge < -0.3 is 19.2 Å². The predicted molar refractivity (Wildman–Crippen MR) is 135 cm³/mol. The van der Waals surface area contributed by atoms with Gasteiger partial charge in [-0.15, -0.1) is 0 Å². The number of carbonyl (C=O) groups is 2. The zero-order valence-electron chi connectivity index (χ0n) is 21.4. The first-order valence-electron chi connectivity index (χ1n) is 11.7. The second-order valence-electron chi connectivity index (χ2n) is 10.1. The second kappa shape index (κ2) is 10.3. The number of rotatable bonds is 6. The monoisotopic (exact) mass is 479 g/mol. The lowest BCUT2D eigenvalue weighted by molar-refractivity contribution is -0.137. The van der Waals surface area contributed by atoms with Gasteiger partial charge in [-0.05, 0) is 69.4 Å². The molecule has 0 fully saturated rings. The van der Waals surface area contributed by atoms with Gasteiger partial charge in [-0.2, -0.15) is 0 Å². The first kappa shape index (κ1) is 26.0. The molecular weight excluding hydrogens is 446 g/mol. The third-order valence-corrected chi connectivity index (χ3v) is 5.51. The number of alkyl carbamates (subject to hydrolysis) is 1. The lowest BCUT2D eigenvalue weighted by Gasteiger charge is -2.25. The third kappa shape index (κ3) is 6.50. The van der Waals surface area contributed by atoms with Crippen LogP contribution in [0.1, 0.15) is 56.9 Å². The number of carbonyl (C=O) groups excluding carboxylic acids is 2. The smallest absolute Gasteiger partial charge is 0.408 e. The number of esters is 1. The molecule has 0 aliphatic carbocycles. The van der Waals surface area contributed by atoms with Gasteiger partial charge in [-0.25, -0.2) is 14.4 Å². The summed E-state index contributed by atoms with van der Waals surface area (Å²) in [5, 5.41) is 3.16. The summed E-state index contributed by atoms with van der Waals surface area (Å²) in [5.41, 5.74) is 2.13. The average Bonchev–Trinajstić information content (AvgIpc) is 2.73. The Balaban J connectivity index is 1.99. The Kier molecular flexibility index (Phi) is 7.68. The first-order chi connectivity index (χ1) is 16.4. The number of hydrogen-bond acceptors (Lipinski definition) is 6. The third-order valence-electron chi connectivity index (χ3n) is 5.51. The lowest BCUT2D eigenvalue weighted by Crippen LogP contribution is -2.48. The van der Waals surface area contributed by atoms with Crippen molar-refractivity contribution >= 4 is 23.0 Å². The molecule has 3 aromatic rings. The molecule has 1 aromatic heterocycles. The molecule has 35 heavy (non-hydrogen) atoms. The van der Waals surface area contributed by atoms with E-state index >= 15 is 0 Å². The molecule has 186 valence electrons. The van der Waals surface area contributed by atoms with Crippen molar-refractivity contribution in [3.8, 4) is 5.75 Å². The van der Waals surface area contributed by atoms with Gasteiger partial charge in [0.2, 0.25) is 0 Å². The molecule has 1 amide bonds. The van der Waals surface area contributed by atoms with E-state index in [2.05, 4.69) is 5.32 Å². The summed E-state index contributed by atoms with van der Waals surface area (Å²) in [7, 11) is 0. The molecule has 1 N–H and O–H groups in total. The number of benzene rings is 2. The maximum Gasteiger partial charge on any atom is 0.408 e. The Bertz CT molecular complexity index is 1280. The Morgan fingerprint density at radius 2 is 1.71 bits per heavy atom. The van der Waals surface area contributed by atoms with Gasteiger partial charge in [-0.3, -0.25) is 0 Å². The average molecular weight is 480 g/mol. The van der Waals surface area contributed by atoms with Crippen molar-refractivity contribution in [3.05, 3.63) is 75.1 Å². The minimum Gasteiger partial charge on any atom is -0.444 e. The predicted octanol–water partition coefficient (Wildman–Crippen LogP) is 5.46. The van der Waals surface area contributed by atoms with Crippen LogP contribution in [0.15, 0.2) is 51.7 Å². The van der Waals surface area contributed by atoms with Gasteiger partial charge in [0, 0.05) is 12.0 Å². The maximum absolute atomic E-state index is 13.2. The Morgan fingerprint density at radius 3 is 2.31 bits per heavy atom. The molecule has 0 saturated carbocycles. The van der Waals surface area contributed by atoms with Crippen LogP contribution in [0, 0.1) is 19.8 Å². The van der Waals surface area contributed by atoms with Crippen LogP contribution < -0.4 is 15.7 Å². The van der Waals surface area contributed by atoms with E-state index in [1.165, 1.54) is 0 Å². The Morgan fingerprint density at radius 1 is 1.06 bits per heavy atom. The highest BCUT2D eigenvalue weighted by Crippen LogP contribution is 2.32. The van der Waals surface area contributed by atoms with Crippen molar-refractivity contribution in [3.63, 3.8) is 0 Å². The molecule has 0 radical (unpaired) electrons. The van der Waals surface area contributed by atoms with Crippen LogP contribution in [-0.4, -0.2) is 23.7 Å². The van der Waals surface area contributed by atoms with Gasteiger partial charge in [0.15, 0.2) is 0 Å². The molecule has 7 nitrogen and oxygen atoms in total. The fraction of sp³-hybridized carbons (Fsp3) is 0.393. The maximum atomic E-state index is 13.2. The fourth-order valence-electron chi connectivity index (χ4n) is 3.83. The van der Waals surface area contributed by atoms with Crippen molar-refractivity contribution in [2.75, 3.05) is 0 Å². The molecule has 7 heteroatoms. The number of ether oxygens (including phenoxy) is 2. The first-order valence-corrected chi connectivity index (χ1v) is 11.7. The van der Waals surface area contributed by atoms with Crippen LogP contribution in [0.5, 0.6) is 5.75 Å². The van der Waals surface area contributed by atoms with Crippen LogP contribution in [0.2, 0.25) is 0 Å². The standard InChI is InChI=1S/C28H33NO6/c1-16(2)24(29-27(32)35-28(5,6)7)26(31)34-22-14-17(3)13-21-23(22)18(4)20(25(30)33-21)15-19-11-9-8-10-12-19/h8-14,16,24H,15H2,1-7H3,(H,29,32). The van der Waals surface area contributed by atoms with Crippen LogP contribution in [-0.2, 0) is 16.0 Å². The Labute approximate surface area is 205 Å². The van der Waals surface area contributed by atoms with E-state index in [0.717, 1.165) is 11.1 Å². The molecule has 1 heterocycles. The SMILES string of the molecule is Cc1cc(OC(=O)C(NC(=O)OC(C)(C)C)C(C)C)c2c(C)c(Cc3ccccc3)c(=O)oc2c1. The molecule has 0 saturated heterocycles. The highest BCUT2D eigenvalue weighted by Gasteiger charge is 2.29. The summed E-state index contributed by atoms with van der Waals surface area (Å²) in [6.45, 7) is 12.5. The zero-order chi connectivity index (χ0) is 25.9. The van der Waals surface area contributed by atoms with Crippen molar-refractivity contribution in [2.45, 2.75) is 66.5 Å². The summed E-state index contributed by atoms with van der Waals surface area (Å²) in [4.78, 5) is 38.3. The van der Waals surface area contributed by atoms with Crippen molar-refractivity contribution in [2.24, 2.45) is 5.92 Å². The number of fused-ring (bicyclic) bond motifs is 1. The van der Waals surface area contributed by atoms with Crippen molar-refractivity contribution in [1.29, 1.82) is 0 Å². The van der Waals surface area contributed by atoms with Gasteiger partial charge in [-0.1, -0.05) is 44.2 Å². The minimum atomic E-state index is -0.930. The number of nitrogens with one attached hydrogen (secondary N) is 1. The highest BCUT2D eigenvalue weighted by atomic mass is 16.6. The van der Waals surface area contributed by atoms with E-state index in [-0.39, 0.29) is 11.7 Å². The van der Waals surface area contributed by atoms with E-state index < -0.39 is 29.3 Å². The summed E-state index contributed by atoms with van der Waals surface area (Å²) in [6.07, 6.45) is -0.310. The molecule has 1 unspecified atom stereocenters. The highest BCUT2D eigenvalue weighted by molar-refractivity contribution is 5.92. The van der Waals surface area contributed by atoms with E-state index in [4.69, 9.17) is 13.9 Å². The van der Waals surface area contributed by atoms with Crippen LogP contribution in [0.25, 0.3) is 11.0 Å². The molecule has 2 aromatic carbocycles. The molecular formula is C28H33NO6. The van der Waals surface area contributed by atoms with Crippen molar-refractivity contribution in [1.82, 2.24) is 5.32 Å². The molecule has 0 aliphatic heterocycles. The van der Waals surface area contributed by atoms with E-state index in [1.807, 2.05) is 44.2 Å². The summed E-state index contributed by atoms with van der Waals surface area (Å²) >= 11 is 0. The number of aryl methyl sites for hydroxylation is 2. The van der Waals surface area contributed by atoms with Gasteiger partial charge >= 0.3 is 17.7 Å². The van der Waals surface area contributed by atoms with Crippen LogP contribution in [0.3, 0.4) is 0 Å². The van der Waals surface area contributed by atoms with Gasteiger partial charge in [0.05, 0.1) is 5.39 Å². The van der Waals surface area contributed by atoms with E-state index in [0.29, 0.717) is 28.5 Å². The summed E-state index contributed by atoms with van der Waals surface area (Å²) in [5.74, 6) is -0.607. The number of hydrogen-bond donors (Lipinski definition) is 1. The van der Waals surface area contributed by atoms with Gasteiger partial charge in [0.25, 0.3) is 0 Å². The molecule has 0 bridgehead atoms. The van der Waals surface area contributed by atoms with Crippen molar-refractivity contribution < 1.29 is 23.5 Å². The minimum absolute atomic E-state index is 0.251. The van der Waals surface area contributed by atoms with Gasteiger partial charge in [0.1, 0.15) is 23.0 Å². The number of amides is 1. The quantitative estimate of drug-likeness (QED) is 0.287. The van der Waals surface area contributed by atoms with E-state index in [1.54, 1.807) is 46.8 Å². The summed E-state index contributed by atoms with van der Waals surface area (Å²) < 4.78 is 16.8. The molecule has 0 spiro atoms. The zero-order valence-corrected chi connectivity index (χ0v) is 21.4. The largest absolute Gasteiger partial charge is 0.444 e. The van der Waals surface area contributed by atoms with Crippen LogP contribution >= 0.6 is 0 Å². The fourth-order valence-corrected chi connectivity index (χ4v) is 3.83.